The summed E-state index contributed by atoms with van der Waals surface area (Å²) in [6.45, 7) is 2.68. The number of oxazole rings is 1. The maximum absolute atomic E-state index is 12.6. The molecule has 146 valence electrons. The number of amides is 1. The van der Waals surface area contributed by atoms with Gasteiger partial charge in [0.15, 0.2) is 11.5 Å². The summed E-state index contributed by atoms with van der Waals surface area (Å²) in [6.07, 6.45) is 3.96. The zero-order chi connectivity index (χ0) is 19.0. The third kappa shape index (κ3) is 4.01. The molecule has 1 aromatic carbocycles. The fourth-order valence-corrected chi connectivity index (χ4v) is 5.10. The van der Waals surface area contributed by atoms with Crippen LogP contribution in [0.25, 0.3) is 11.1 Å². The van der Waals surface area contributed by atoms with Crippen molar-refractivity contribution in [3.05, 3.63) is 24.1 Å². The molecule has 0 spiro atoms. The molecule has 27 heavy (non-hydrogen) atoms. The number of carbonyl (C=O) groups is 1. The molecule has 2 fully saturated rings. The van der Waals surface area contributed by atoms with Crippen LogP contribution in [0.2, 0.25) is 0 Å². The average molecular weight is 391 g/mol. The Labute approximate surface area is 159 Å². The van der Waals surface area contributed by atoms with Crippen molar-refractivity contribution in [3.8, 4) is 0 Å². The predicted molar refractivity (Wildman–Crippen MR) is 103 cm³/mol. The SMILES string of the molecule is CCCS(=O)(=O)N1CCC(C(=O)Nc2ccc3oc(C4CC4)nc3c2)CC1. The van der Waals surface area contributed by atoms with Crippen LogP contribution in [-0.4, -0.2) is 42.5 Å². The van der Waals surface area contributed by atoms with Crippen molar-refractivity contribution in [2.45, 2.75) is 44.9 Å². The Morgan fingerprint density at radius 2 is 2.00 bits per heavy atom. The fraction of sp³-hybridized carbons (Fsp3) is 0.579. The number of hydrogen-bond donors (Lipinski definition) is 1. The molecular weight excluding hydrogens is 366 g/mol. The standard InChI is InChI=1S/C19H25N3O4S/c1-2-11-27(24,25)22-9-7-13(8-10-22)18(23)20-15-5-6-17-16(12-15)21-19(26-17)14-3-4-14/h5-6,12-14H,2-4,7-11H2,1H3,(H,20,23). The van der Waals surface area contributed by atoms with Gasteiger partial charge in [-0.25, -0.2) is 17.7 Å². The molecule has 1 N–H and O–H groups in total. The van der Waals surface area contributed by atoms with Crippen molar-refractivity contribution in [2.75, 3.05) is 24.2 Å². The zero-order valence-corrected chi connectivity index (χ0v) is 16.3. The largest absolute Gasteiger partial charge is 0.440 e. The summed E-state index contributed by atoms with van der Waals surface area (Å²) >= 11 is 0. The maximum Gasteiger partial charge on any atom is 0.227 e. The number of hydrogen-bond acceptors (Lipinski definition) is 5. The number of sulfonamides is 1. The van der Waals surface area contributed by atoms with Crippen molar-refractivity contribution in [3.63, 3.8) is 0 Å². The van der Waals surface area contributed by atoms with Crippen LogP contribution in [-0.2, 0) is 14.8 Å². The fourth-order valence-electron chi connectivity index (χ4n) is 3.56. The van der Waals surface area contributed by atoms with E-state index in [4.69, 9.17) is 4.42 Å². The van der Waals surface area contributed by atoms with Gasteiger partial charge in [-0.05, 0) is 50.3 Å². The first-order valence-electron chi connectivity index (χ1n) is 9.65. The van der Waals surface area contributed by atoms with E-state index >= 15 is 0 Å². The summed E-state index contributed by atoms with van der Waals surface area (Å²) in [6, 6.07) is 5.50. The number of benzene rings is 1. The van der Waals surface area contributed by atoms with Crippen LogP contribution >= 0.6 is 0 Å². The Bertz CT molecular complexity index is 941. The molecule has 8 heteroatoms. The van der Waals surface area contributed by atoms with Crippen LogP contribution < -0.4 is 5.32 Å². The number of anilines is 1. The van der Waals surface area contributed by atoms with Crippen LogP contribution in [0, 0.1) is 5.92 Å². The summed E-state index contributed by atoms with van der Waals surface area (Å²) < 4.78 is 31.5. The van der Waals surface area contributed by atoms with Gasteiger partial charge in [0.1, 0.15) is 5.52 Å². The van der Waals surface area contributed by atoms with Crippen LogP contribution in [0.4, 0.5) is 5.69 Å². The minimum Gasteiger partial charge on any atom is -0.440 e. The lowest BCUT2D eigenvalue weighted by Crippen LogP contribution is -2.42. The van der Waals surface area contributed by atoms with E-state index in [1.165, 1.54) is 4.31 Å². The van der Waals surface area contributed by atoms with Crippen LogP contribution in [0.5, 0.6) is 0 Å². The normalized spacial score (nSPS) is 19.4. The topological polar surface area (TPSA) is 92.5 Å². The third-order valence-electron chi connectivity index (χ3n) is 5.28. The van der Waals surface area contributed by atoms with Crippen LogP contribution in [0.3, 0.4) is 0 Å². The van der Waals surface area contributed by atoms with Crippen molar-refractivity contribution in [2.24, 2.45) is 5.92 Å². The van der Waals surface area contributed by atoms with E-state index in [-0.39, 0.29) is 17.6 Å². The Hall–Kier alpha value is -1.93. The lowest BCUT2D eigenvalue weighted by molar-refractivity contribution is -0.120. The third-order valence-corrected chi connectivity index (χ3v) is 7.35. The molecule has 0 radical (unpaired) electrons. The minimum atomic E-state index is -3.18. The van der Waals surface area contributed by atoms with Gasteiger partial charge >= 0.3 is 0 Å². The van der Waals surface area contributed by atoms with Crippen molar-refractivity contribution >= 4 is 32.7 Å². The van der Waals surface area contributed by atoms with Crippen molar-refractivity contribution in [1.82, 2.24) is 9.29 Å². The number of fused-ring (bicyclic) bond motifs is 1. The number of nitrogens with zero attached hydrogens (tertiary/aromatic N) is 2. The van der Waals surface area contributed by atoms with Gasteiger partial charge in [0.05, 0.1) is 5.75 Å². The van der Waals surface area contributed by atoms with E-state index in [9.17, 15) is 13.2 Å². The number of piperidine rings is 1. The molecule has 4 rings (SSSR count). The molecule has 0 unspecified atom stereocenters. The summed E-state index contributed by atoms with van der Waals surface area (Å²) in [5.41, 5.74) is 2.20. The van der Waals surface area contributed by atoms with Gasteiger partial charge in [0, 0.05) is 30.6 Å². The highest BCUT2D eigenvalue weighted by atomic mass is 32.2. The monoisotopic (exact) mass is 391 g/mol. The molecular formula is C19H25N3O4S. The second-order valence-electron chi connectivity index (χ2n) is 7.49. The number of aromatic nitrogens is 1. The van der Waals surface area contributed by atoms with Gasteiger partial charge in [0.25, 0.3) is 0 Å². The molecule has 1 aliphatic carbocycles. The molecule has 2 heterocycles. The number of rotatable bonds is 6. The Morgan fingerprint density at radius 3 is 2.67 bits per heavy atom. The second-order valence-corrected chi connectivity index (χ2v) is 9.58. The van der Waals surface area contributed by atoms with Crippen LogP contribution in [0.1, 0.15) is 50.8 Å². The van der Waals surface area contributed by atoms with Crippen molar-refractivity contribution < 1.29 is 17.6 Å². The molecule has 1 amide bonds. The first-order chi connectivity index (χ1) is 13.0. The average Bonchev–Trinajstić information content (AvgIpc) is 3.41. The molecule has 2 aliphatic rings. The molecule has 1 aromatic heterocycles. The summed E-state index contributed by atoms with van der Waals surface area (Å²) in [4.78, 5) is 17.1. The van der Waals surface area contributed by atoms with Crippen LogP contribution in [0.15, 0.2) is 22.6 Å². The molecule has 7 nitrogen and oxygen atoms in total. The first kappa shape index (κ1) is 18.4. The second kappa shape index (κ2) is 7.24. The first-order valence-corrected chi connectivity index (χ1v) is 11.3. The minimum absolute atomic E-state index is 0.0622. The molecule has 2 aromatic rings. The summed E-state index contributed by atoms with van der Waals surface area (Å²) in [7, 11) is -3.18. The van der Waals surface area contributed by atoms with Gasteiger partial charge in [-0.3, -0.25) is 4.79 Å². The summed E-state index contributed by atoms with van der Waals surface area (Å²) in [5, 5.41) is 2.95. The number of nitrogens with one attached hydrogen (secondary N) is 1. The highest BCUT2D eigenvalue weighted by Crippen LogP contribution is 2.40. The molecule has 1 aliphatic heterocycles. The van der Waals surface area contributed by atoms with Gasteiger partial charge in [-0.2, -0.15) is 0 Å². The molecule has 1 saturated heterocycles. The van der Waals surface area contributed by atoms with E-state index in [1.54, 1.807) is 0 Å². The van der Waals surface area contributed by atoms with Gasteiger partial charge in [-0.15, -0.1) is 0 Å². The lowest BCUT2D eigenvalue weighted by Gasteiger charge is -2.30. The van der Waals surface area contributed by atoms with Crippen molar-refractivity contribution in [1.29, 1.82) is 0 Å². The van der Waals surface area contributed by atoms with E-state index < -0.39 is 10.0 Å². The van der Waals surface area contributed by atoms with E-state index in [1.807, 2.05) is 25.1 Å². The van der Waals surface area contributed by atoms with E-state index in [2.05, 4.69) is 10.3 Å². The highest BCUT2D eigenvalue weighted by Gasteiger charge is 2.31. The zero-order valence-electron chi connectivity index (χ0n) is 15.5. The Kier molecular flexibility index (Phi) is 4.94. The van der Waals surface area contributed by atoms with Gasteiger partial charge < -0.3 is 9.73 Å². The van der Waals surface area contributed by atoms with Gasteiger partial charge in [0.2, 0.25) is 15.9 Å². The quantitative estimate of drug-likeness (QED) is 0.817. The van der Waals surface area contributed by atoms with E-state index in [0.29, 0.717) is 44.0 Å². The smallest absolute Gasteiger partial charge is 0.227 e. The Balaban J connectivity index is 1.37. The van der Waals surface area contributed by atoms with E-state index in [0.717, 1.165) is 29.8 Å². The molecule has 0 atom stereocenters. The molecule has 0 bridgehead atoms. The lowest BCUT2D eigenvalue weighted by atomic mass is 9.97. The van der Waals surface area contributed by atoms with Gasteiger partial charge in [-0.1, -0.05) is 6.92 Å². The molecule has 1 saturated carbocycles. The Morgan fingerprint density at radius 1 is 1.26 bits per heavy atom. The highest BCUT2D eigenvalue weighted by molar-refractivity contribution is 7.89. The summed E-state index contributed by atoms with van der Waals surface area (Å²) in [5.74, 6) is 1.17. The predicted octanol–water partition coefficient (Wildman–Crippen LogP) is 3.10. The number of carbonyl (C=O) groups excluding carboxylic acids is 1. The maximum atomic E-state index is 12.6.